The van der Waals surface area contributed by atoms with Crippen LogP contribution in [0, 0.1) is 0 Å². The maximum Gasteiger partial charge on any atom is 0.236 e. The molecule has 3 N–H and O–H groups in total. The molecule has 4 aromatic heterocycles. The Hall–Kier alpha value is -4.41. The van der Waals surface area contributed by atoms with Crippen molar-refractivity contribution in [2.75, 3.05) is 11.1 Å². The fourth-order valence-electron chi connectivity index (χ4n) is 3.96. The minimum atomic E-state index is -0.630. The summed E-state index contributed by atoms with van der Waals surface area (Å²) < 4.78 is 0. The third-order valence-corrected chi connectivity index (χ3v) is 6.88. The van der Waals surface area contributed by atoms with Gasteiger partial charge in [0.15, 0.2) is 0 Å². The van der Waals surface area contributed by atoms with Gasteiger partial charge >= 0.3 is 0 Å². The van der Waals surface area contributed by atoms with Crippen LogP contribution in [0.25, 0.3) is 33.0 Å². The number of carbonyl (C=O) groups excluding carboxylic acids is 1. The molecular formula is C23H20N10OS. The van der Waals surface area contributed by atoms with Crippen LogP contribution in [-0.4, -0.2) is 30.8 Å². The van der Waals surface area contributed by atoms with Crippen LogP contribution in [0.15, 0.2) is 59.5 Å². The van der Waals surface area contributed by atoms with Crippen LogP contribution >= 0.6 is 11.3 Å². The molecule has 1 fully saturated rings. The largest absolute Gasteiger partial charge is 0.368 e. The van der Waals surface area contributed by atoms with Crippen LogP contribution in [0.3, 0.4) is 0 Å². The van der Waals surface area contributed by atoms with Crippen LogP contribution in [0.1, 0.15) is 29.8 Å². The van der Waals surface area contributed by atoms with Crippen molar-refractivity contribution in [3.05, 3.63) is 75.4 Å². The third-order valence-electron chi connectivity index (χ3n) is 6.05. The summed E-state index contributed by atoms with van der Waals surface area (Å²) in [6, 6.07) is 7.42. The van der Waals surface area contributed by atoms with Gasteiger partial charge in [-0.2, -0.15) is 0 Å². The Morgan fingerprint density at radius 2 is 1.86 bits per heavy atom. The normalized spacial score (nSPS) is 13.9. The number of azide groups is 1. The van der Waals surface area contributed by atoms with E-state index >= 15 is 0 Å². The lowest BCUT2D eigenvalue weighted by molar-refractivity contribution is -0.124. The Kier molecular flexibility index (Phi) is 6.04. The van der Waals surface area contributed by atoms with Crippen molar-refractivity contribution in [3.8, 4) is 22.5 Å². The number of nitrogens with one attached hydrogen (secondary N) is 1. The highest BCUT2D eigenvalue weighted by molar-refractivity contribution is 7.09. The first-order chi connectivity index (χ1) is 17.1. The first kappa shape index (κ1) is 22.4. The number of hydrogen-bond donors (Lipinski definition) is 2. The number of carbonyl (C=O) groups is 1. The number of pyridine rings is 2. The Morgan fingerprint density at radius 3 is 2.49 bits per heavy atom. The van der Waals surface area contributed by atoms with Crippen molar-refractivity contribution in [1.29, 1.82) is 0 Å². The molecule has 0 spiro atoms. The summed E-state index contributed by atoms with van der Waals surface area (Å²) in [5, 5.41) is 9.10. The molecule has 0 unspecified atom stereocenters. The molecule has 11 nitrogen and oxygen atoms in total. The smallest absolute Gasteiger partial charge is 0.236 e. The maximum atomic E-state index is 13.3. The molecular weight excluding hydrogens is 464 g/mol. The highest BCUT2D eigenvalue weighted by Crippen LogP contribution is 2.44. The van der Waals surface area contributed by atoms with E-state index in [1.807, 2.05) is 23.6 Å². The van der Waals surface area contributed by atoms with Gasteiger partial charge < -0.3 is 11.1 Å². The van der Waals surface area contributed by atoms with Gasteiger partial charge in [-0.05, 0) is 42.1 Å². The van der Waals surface area contributed by atoms with E-state index in [4.69, 9.17) is 11.3 Å². The van der Waals surface area contributed by atoms with Crippen molar-refractivity contribution < 1.29 is 4.79 Å². The Labute approximate surface area is 204 Å². The number of nitrogens with two attached hydrogens (primary N) is 1. The minimum absolute atomic E-state index is 0.0975. The van der Waals surface area contributed by atoms with Gasteiger partial charge in [-0.1, -0.05) is 17.6 Å². The number of aromatic nitrogens is 5. The molecule has 4 heterocycles. The molecule has 12 heteroatoms. The quantitative estimate of drug-likeness (QED) is 0.221. The van der Waals surface area contributed by atoms with E-state index in [0.717, 1.165) is 46.7 Å². The van der Waals surface area contributed by atoms with Gasteiger partial charge in [-0.25, -0.2) is 19.9 Å². The third kappa shape index (κ3) is 4.52. The van der Waals surface area contributed by atoms with Gasteiger partial charge in [0.2, 0.25) is 11.9 Å². The summed E-state index contributed by atoms with van der Waals surface area (Å²) in [7, 11) is 0. The lowest BCUT2D eigenvalue weighted by Gasteiger charge is -2.40. The van der Waals surface area contributed by atoms with Gasteiger partial charge in [-0.15, -0.1) is 11.3 Å². The van der Waals surface area contributed by atoms with Crippen molar-refractivity contribution in [2.45, 2.75) is 31.2 Å². The van der Waals surface area contributed by atoms with Gasteiger partial charge in [0.1, 0.15) is 5.82 Å². The van der Waals surface area contributed by atoms with E-state index in [0.29, 0.717) is 11.5 Å². The zero-order valence-corrected chi connectivity index (χ0v) is 19.3. The van der Waals surface area contributed by atoms with Crippen LogP contribution in [0.5, 0.6) is 0 Å². The molecule has 1 aliphatic rings. The molecule has 0 saturated heterocycles. The first-order valence-corrected chi connectivity index (χ1v) is 11.7. The molecule has 1 saturated carbocycles. The van der Waals surface area contributed by atoms with Crippen LogP contribution in [0.2, 0.25) is 0 Å². The second kappa shape index (κ2) is 9.45. The van der Waals surface area contributed by atoms with Crippen molar-refractivity contribution in [2.24, 2.45) is 5.11 Å². The van der Waals surface area contributed by atoms with E-state index in [2.05, 4.69) is 40.3 Å². The predicted molar refractivity (Wildman–Crippen MR) is 132 cm³/mol. The Bertz CT molecular complexity index is 1390. The molecule has 35 heavy (non-hydrogen) atoms. The molecule has 1 aliphatic carbocycles. The highest BCUT2D eigenvalue weighted by Gasteiger charge is 2.46. The predicted octanol–water partition coefficient (Wildman–Crippen LogP) is 4.51. The topological polar surface area (TPSA) is 168 Å². The molecule has 0 aromatic carbocycles. The van der Waals surface area contributed by atoms with Crippen LogP contribution in [-0.2, 0) is 16.8 Å². The molecule has 5 rings (SSSR count). The molecule has 174 valence electrons. The number of amides is 1. The minimum Gasteiger partial charge on any atom is -0.368 e. The second-order valence-electron chi connectivity index (χ2n) is 8.10. The molecule has 0 radical (unpaired) electrons. The lowest BCUT2D eigenvalue weighted by atomic mass is 9.64. The number of thiazole rings is 1. The van der Waals surface area contributed by atoms with E-state index in [-0.39, 0.29) is 18.4 Å². The maximum absolute atomic E-state index is 13.3. The number of rotatable bonds is 7. The SMILES string of the molecule is [N-]=[N+]=NCc1nc(-c2ccc(NC(=O)C3(c4ccc(-c5cnc(N)nc5)nc4)CCC3)nc2)cs1. The van der Waals surface area contributed by atoms with Crippen LogP contribution < -0.4 is 11.1 Å². The van der Waals surface area contributed by atoms with Crippen LogP contribution in [0.4, 0.5) is 11.8 Å². The number of anilines is 2. The zero-order valence-electron chi connectivity index (χ0n) is 18.5. The monoisotopic (exact) mass is 484 g/mol. The van der Waals surface area contributed by atoms with Gasteiger partial charge in [0.05, 0.1) is 28.4 Å². The summed E-state index contributed by atoms with van der Waals surface area (Å²) in [5.74, 6) is 0.580. The summed E-state index contributed by atoms with van der Waals surface area (Å²) in [4.78, 5) is 37.4. The molecule has 0 bridgehead atoms. The molecule has 1 amide bonds. The van der Waals surface area contributed by atoms with E-state index < -0.39 is 5.41 Å². The fourth-order valence-corrected chi connectivity index (χ4v) is 4.68. The summed E-state index contributed by atoms with van der Waals surface area (Å²) >= 11 is 1.42. The fraction of sp³-hybridized carbons (Fsp3) is 0.217. The second-order valence-corrected chi connectivity index (χ2v) is 9.04. The highest BCUT2D eigenvalue weighted by atomic mass is 32.1. The molecule has 0 aliphatic heterocycles. The number of nitrogens with zero attached hydrogens (tertiary/aromatic N) is 8. The first-order valence-electron chi connectivity index (χ1n) is 10.8. The van der Waals surface area contributed by atoms with Crippen molar-refractivity contribution in [1.82, 2.24) is 24.9 Å². The summed E-state index contributed by atoms with van der Waals surface area (Å²) in [5.41, 5.74) is 17.3. The number of hydrogen-bond acceptors (Lipinski definition) is 9. The van der Waals surface area contributed by atoms with E-state index in [9.17, 15) is 4.79 Å². The molecule has 4 aromatic rings. The summed E-state index contributed by atoms with van der Waals surface area (Å²) in [6.07, 6.45) is 9.12. The van der Waals surface area contributed by atoms with Gasteiger partial charge in [0, 0.05) is 46.2 Å². The van der Waals surface area contributed by atoms with Crippen molar-refractivity contribution >= 4 is 29.0 Å². The van der Waals surface area contributed by atoms with E-state index in [1.54, 1.807) is 30.9 Å². The Balaban J connectivity index is 1.29. The standard InChI is InChI=1S/C23H20N10OS/c24-22-28-9-15(10-29-22)17-4-3-16(11-26-17)23(6-1-7-23)21(34)32-19-5-2-14(8-27-19)18-13-35-20(31-18)12-30-33-25/h2-5,8-11,13H,1,6-7,12H2,(H2,24,28,29)(H,27,32,34). The van der Waals surface area contributed by atoms with Gasteiger partial charge in [0.25, 0.3) is 0 Å². The van der Waals surface area contributed by atoms with Gasteiger partial charge in [-0.3, -0.25) is 9.78 Å². The lowest BCUT2D eigenvalue weighted by Crippen LogP contribution is -2.46. The van der Waals surface area contributed by atoms with E-state index in [1.165, 1.54) is 11.3 Å². The average molecular weight is 485 g/mol. The Morgan fingerprint density at radius 1 is 1.06 bits per heavy atom. The number of nitrogen functional groups attached to an aromatic ring is 1. The molecule has 0 atom stereocenters. The summed E-state index contributed by atoms with van der Waals surface area (Å²) in [6.45, 7) is 0.217. The average Bonchev–Trinajstić information content (AvgIpc) is 3.32. The van der Waals surface area contributed by atoms with Crippen molar-refractivity contribution in [3.63, 3.8) is 0 Å². The zero-order chi connectivity index (χ0) is 24.3.